The molecule has 0 radical (unpaired) electrons. The lowest BCUT2D eigenvalue weighted by molar-refractivity contribution is 0.402. The van der Waals surface area contributed by atoms with Crippen LogP contribution in [0.1, 0.15) is 0 Å². The van der Waals surface area contributed by atoms with Gasteiger partial charge < -0.3 is 8.94 Å². The molecular weight excluding hydrogens is 198 g/mol. The zero-order valence-corrected chi connectivity index (χ0v) is 7.41. The van der Waals surface area contributed by atoms with Crippen molar-refractivity contribution < 1.29 is 8.94 Å². The number of nitrogens with one attached hydrogen (secondary N) is 1. The second-order valence-electron chi connectivity index (χ2n) is 2.76. The fourth-order valence-electron chi connectivity index (χ4n) is 1.23. The molecule has 0 saturated heterocycles. The van der Waals surface area contributed by atoms with Gasteiger partial charge in [-0.05, 0) is 6.07 Å². The van der Waals surface area contributed by atoms with Crippen molar-refractivity contribution in [2.24, 2.45) is 0 Å². The van der Waals surface area contributed by atoms with Crippen molar-refractivity contribution in [1.82, 2.24) is 25.6 Å². The van der Waals surface area contributed by atoms with Gasteiger partial charge in [0.15, 0.2) is 5.69 Å². The smallest absolute Gasteiger partial charge is 0.251 e. The van der Waals surface area contributed by atoms with Crippen LogP contribution in [0.3, 0.4) is 0 Å². The second kappa shape index (κ2) is 3.05. The number of hydrogen-bond acceptors (Lipinski definition) is 6. The summed E-state index contributed by atoms with van der Waals surface area (Å²) < 4.78 is 10.1. The van der Waals surface area contributed by atoms with E-state index in [0.717, 1.165) is 0 Å². The number of rotatable bonds is 2. The van der Waals surface area contributed by atoms with Crippen LogP contribution in [0.4, 0.5) is 0 Å². The maximum atomic E-state index is 5.11. The van der Waals surface area contributed by atoms with Crippen molar-refractivity contribution in [2.75, 3.05) is 0 Å². The fraction of sp³-hybridized carbons (Fsp3) is 0. The first-order chi connectivity index (χ1) is 7.45. The maximum Gasteiger partial charge on any atom is 0.251 e. The molecule has 0 amide bonds. The molecule has 0 bridgehead atoms. The third kappa shape index (κ3) is 1.21. The van der Waals surface area contributed by atoms with Gasteiger partial charge in [-0.15, -0.1) is 5.10 Å². The van der Waals surface area contributed by atoms with E-state index in [0.29, 0.717) is 23.0 Å². The highest BCUT2D eigenvalue weighted by atomic mass is 16.5. The van der Waals surface area contributed by atoms with Crippen LogP contribution in [0.5, 0.6) is 0 Å². The van der Waals surface area contributed by atoms with Crippen molar-refractivity contribution in [3.63, 3.8) is 0 Å². The van der Waals surface area contributed by atoms with Crippen molar-refractivity contribution in [3.05, 3.63) is 24.7 Å². The van der Waals surface area contributed by atoms with Crippen LogP contribution in [0, 0.1) is 0 Å². The van der Waals surface area contributed by atoms with Crippen LogP contribution < -0.4 is 0 Å². The van der Waals surface area contributed by atoms with Crippen LogP contribution in [0.25, 0.3) is 23.0 Å². The molecule has 3 heterocycles. The van der Waals surface area contributed by atoms with Gasteiger partial charge in [-0.25, -0.2) is 4.98 Å². The molecule has 0 aliphatic heterocycles. The highest BCUT2D eigenvalue weighted by Crippen LogP contribution is 2.26. The summed E-state index contributed by atoms with van der Waals surface area (Å²) in [5.74, 6) is 0.816. The van der Waals surface area contributed by atoms with Gasteiger partial charge >= 0.3 is 0 Å². The molecule has 3 rings (SSSR count). The largest absolute Gasteiger partial charge is 0.443 e. The van der Waals surface area contributed by atoms with Gasteiger partial charge in [0, 0.05) is 11.5 Å². The molecule has 0 unspecified atom stereocenters. The monoisotopic (exact) mass is 203 g/mol. The lowest BCUT2D eigenvalue weighted by Crippen LogP contribution is -1.82. The Morgan fingerprint density at radius 1 is 1.27 bits per heavy atom. The van der Waals surface area contributed by atoms with E-state index in [1.165, 1.54) is 12.5 Å². The molecule has 0 atom stereocenters. The van der Waals surface area contributed by atoms with E-state index in [2.05, 4.69) is 25.6 Å². The summed E-state index contributed by atoms with van der Waals surface area (Å²) in [4.78, 5) is 3.97. The fourth-order valence-corrected chi connectivity index (χ4v) is 1.23. The van der Waals surface area contributed by atoms with Gasteiger partial charge in [0.1, 0.15) is 12.0 Å². The molecule has 0 aliphatic carbocycles. The Morgan fingerprint density at radius 2 is 2.27 bits per heavy atom. The van der Waals surface area contributed by atoms with E-state index in [1.807, 2.05) is 0 Å². The topological polar surface area (TPSA) is 93.6 Å². The molecule has 7 heteroatoms. The molecule has 74 valence electrons. The predicted molar refractivity (Wildman–Crippen MR) is 47.4 cm³/mol. The standard InChI is InChI=1S/C8H5N5O2/c1-2-10-11-5(1)7-6(12-13-15-7)8-9-3-4-14-8/h1-4H,(H,10,11). The first kappa shape index (κ1) is 7.92. The zero-order valence-electron chi connectivity index (χ0n) is 7.41. The number of H-pyrrole nitrogens is 1. The molecule has 0 aromatic carbocycles. The summed E-state index contributed by atoms with van der Waals surface area (Å²) in [5, 5.41) is 13.8. The third-order valence-corrected chi connectivity index (χ3v) is 1.87. The van der Waals surface area contributed by atoms with Gasteiger partial charge in [-0.2, -0.15) is 5.10 Å². The molecule has 3 aromatic heterocycles. The second-order valence-corrected chi connectivity index (χ2v) is 2.76. The highest BCUT2D eigenvalue weighted by Gasteiger charge is 2.18. The molecule has 0 aliphatic rings. The maximum absolute atomic E-state index is 5.11. The van der Waals surface area contributed by atoms with Crippen LogP contribution >= 0.6 is 0 Å². The molecule has 1 N–H and O–H groups in total. The van der Waals surface area contributed by atoms with E-state index in [-0.39, 0.29) is 0 Å². The van der Waals surface area contributed by atoms with Crippen LogP contribution in [-0.2, 0) is 0 Å². The van der Waals surface area contributed by atoms with Crippen LogP contribution in [-0.4, -0.2) is 25.6 Å². The van der Waals surface area contributed by atoms with E-state index < -0.39 is 0 Å². The summed E-state index contributed by atoms with van der Waals surface area (Å²) in [7, 11) is 0. The Balaban J connectivity index is 2.15. The Kier molecular flexibility index (Phi) is 1.61. The number of oxazole rings is 1. The predicted octanol–water partition coefficient (Wildman–Crippen LogP) is 1.11. The van der Waals surface area contributed by atoms with Crippen LogP contribution in [0.2, 0.25) is 0 Å². The summed E-state index contributed by atoms with van der Waals surface area (Å²) in [5.41, 5.74) is 1.12. The van der Waals surface area contributed by atoms with Gasteiger partial charge in [0.2, 0.25) is 5.76 Å². The average molecular weight is 203 g/mol. The van der Waals surface area contributed by atoms with Crippen LogP contribution in [0.15, 0.2) is 33.7 Å². The van der Waals surface area contributed by atoms with E-state index in [9.17, 15) is 0 Å². The molecule has 15 heavy (non-hydrogen) atoms. The number of nitrogens with zero attached hydrogens (tertiary/aromatic N) is 4. The Bertz CT molecular complexity index is 491. The van der Waals surface area contributed by atoms with E-state index in [1.54, 1.807) is 12.3 Å². The summed E-state index contributed by atoms with van der Waals surface area (Å²) in [6.07, 6.45) is 4.60. The SMILES string of the molecule is c1cc(-c2onnc2-c2ncco2)[nH]n1. The molecule has 3 aromatic rings. The molecule has 7 nitrogen and oxygen atoms in total. The normalized spacial score (nSPS) is 10.7. The molecule has 0 fully saturated rings. The molecule has 0 saturated carbocycles. The lowest BCUT2D eigenvalue weighted by Gasteiger charge is -1.90. The van der Waals surface area contributed by atoms with Gasteiger partial charge in [0.05, 0.1) is 6.20 Å². The van der Waals surface area contributed by atoms with Crippen molar-refractivity contribution in [1.29, 1.82) is 0 Å². The number of aromatic amines is 1. The van der Waals surface area contributed by atoms with Crippen molar-refractivity contribution >= 4 is 0 Å². The summed E-state index contributed by atoms with van der Waals surface area (Å²) in [6, 6.07) is 1.74. The van der Waals surface area contributed by atoms with E-state index >= 15 is 0 Å². The van der Waals surface area contributed by atoms with Gasteiger partial charge in [0.25, 0.3) is 5.89 Å². The van der Waals surface area contributed by atoms with E-state index in [4.69, 9.17) is 8.94 Å². The summed E-state index contributed by atoms with van der Waals surface area (Å²) >= 11 is 0. The Labute approximate surface area is 83.1 Å². The van der Waals surface area contributed by atoms with Crippen molar-refractivity contribution in [2.45, 2.75) is 0 Å². The first-order valence-corrected chi connectivity index (χ1v) is 4.17. The minimum absolute atomic E-state index is 0.362. The first-order valence-electron chi connectivity index (χ1n) is 4.17. The average Bonchev–Trinajstić information content (AvgIpc) is 3.01. The quantitative estimate of drug-likeness (QED) is 0.670. The molecule has 0 spiro atoms. The van der Waals surface area contributed by atoms with Crippen molar-refractivity contribution in [3.8, 4) is 23.0 Å². The van der Waals surface area contributed by atoms with Gasteiger partial charge in [-0.3, -0.25) is 5.10 Å². The minimum Gasteiger partial charge on any atom is -0.443 e. The minimum atomic E-state index is 0.362. The number of hydrogen-bond donors (Lipinski definition) is 1. The number of aromatic nitrogens is 5. The summed E-state index contributed by atoms with van der Waals surface area (Å²) in [6.45, 7) is 0. The zero-order chi connectivity index (χ0) is 10.1. The van der Waals surface area contributed by atoms with Gasteiger partial charge in [-0.1, -0.05) is 0 Å². The molecular formula is C8H5N5O2. The highest BCUT2D eigenvalue weighted by molar-refractivity contribution is 5.68. The Morgan fingerprint density at radius 3 is 3.00 bits per heavy atom. The Hall–Kier alpha value is -2.44. The third-order valence-electron chi connectivity index (χ3n) is 1.87. The lowest BCUT2D eigenvalue weighted by atomic mass is 10.2.